The fourth-order valence-electron chi connectivity index (χ4n) is 5.88. The van der Waals surface area contributed by atoms with Gasteiger partial charge in [-0.25, -0.2) is 18.0 Å². The Labute approximate surface area is 242 Å². The molecule has 0 unspecified atom stereocenters. The van der Waals surface area contributed by atoms with E-state index in [1.807, 2.05) is 19.1 Å². The highest BCUT2D eigenvalue weighted by Crippen LogP contribution is 2.62. The highest BCUT2D eigenvalue weighted by atomic mass is 79.9. The standard InChI is InChI=1S/C30H30BrNO7S/c1-4-37-27(33)30(28(34)38-5-2)29(25-9-7-6-8-22(25)19-39-29)18-26(21-12-14-23(31)15-13-21)32(30)40(35,36)24-16-10-20(3)11-17-24/h6-17,26H,4-5,18-19H2,1-3H3/t26-,29-/m0/s1. The molecule has 10 heteroatoms. The minimum Gasteiger partial charge on any atom is -0.464 e. The molecule has 8 nitrogen and oxygen atoms in total. The van der Waals surface area contributed by atoms with Gasteiger partial charge in [-0.2, -0.15) is 4.31 Å². The maximum atomic E-state index is 14.7. The predicted molar refractivity (Wildman–Crippen MR) is 151 cm³/mol. The number of carbonyl (C=O) groups is 2. The summed E-state index contributed by atoms with van der Waals surface area (Å²) in [5, 5.41) is 0. The lowest BCUT2D eigenvalue weighted by Gasteiger charge is -2.42. The van der Waals surface area contributed by atoms with E-state index in [0.717, 1.165) is 19.9 Å². The fourth-order valence-corrected chi connectivity index (χ4v) is 8.04. The first kappa shape index (κ1) is 28.5. The number of carbonyl (C=O) groups excluding carboxylic acids is 2. The molecule has 0 N–H and O–H groups in total. The number of esters is 2. The van der Waals surface area contributed by atoms with E-state index in [4.69, 9.17) is 14.2 Å². The summed E-state index contributed by atoms with van der Waals surface area (Å²) < 4.78 is 48.8. The number of rotatable bonds is 7. The maximum Gasteiger partial charge on any atom is 0.342 e. The van der Waals surface area contributed by atoms with E-state index in [9.17, 15) is 18.0 Å². The van der Waals surface area contributed by atoms with Gasteiger partial charge in [0.1, 0.15) is 5.60 Å². The zero-order chi connectivity index (χ0) is 28.7. The summed E-state index contributed by atoms with van der Waals surface area (Å²) in [7, 11) is -4.52. The molecule has 0 bridgehead atoms. The van der Waals surface area contributed by atoms with Gasteiger partial charge in [-0.1, -0.05) is 70.0 Å². The second kappa shape index (κ2) is 10.7. The van der Waals surface area contributed by atoms with Crippen molar-refractivity contribution in [1.29, 1.82) is 0 Å². The Hall–Kier alpha value is -3.05. The fraction of sp³-hybridized carbons (Fsp3) is 0.333. The van der Waals surface area contributed by atoms with Crippen LogP contribution in [0.25, 0.3) is 0 Å². The van der Waals surface area contributed by atoms with Gasteiger partial charge in [0.2, 0.25) is 10.0 Å². The average Bonchev–Trinajstić information content (AvgIpc) is 3.47. The van der Waals surface area contributed by atoms with Gasteiger partial charge in [0.05, 0.1) is 30.8 Å². The van der Waals surface area contributed by atoms with Crippen LogP contribution in [-0.4, -0.2) is 43.4 Å². The third-order valence-corrected chi connectivity index (χ3v) is 10.0. The van der Waals surface area contributed by atoms with Crippen LogP contribution in [0.3, 0.4) is 0 Å². The number of benzene rings is 3. The minimum atomic E-state index is -4.52. The number of halogens is 1. The summed E-state index contributed by atoms with van der Waals surface area (Å²) in [6, 6.07) is 19.7. The van der Waals surface area contributed by atoms with Crippen molar-refractivity contribution >= 4 is 37.9 Å². The van der Waals surface area contributed by atoms with Crippen LogP contribution in [0.1, 0.15) is 48.6 Å². The number of fused-ring (bicyclic) bond motifs is 2. The van der Waals surface area contributed by atoms with Crippen LogP contribution in [0.5, 0.6) is 0 Å². The zero-order valence-electron chi connectivity index (χ0n) is 22.4. The minimum absolute atomic E-state index is 0.0195. The monoisotopic (exact) mass is 627 g/mol. The van der Waals surface area contributed by atoms with Crippen molar-refractivity contribution in [2.24, 2.45) is 0 Å². The van der Waals surface area contributed by atoms with Crippen LogP contribution >= 0.6 is 15.9 Å². The first-order valence-electron chi connectivity index (χ1n) is 13.1. The third-order valence-electron chi connectivity index (χ3n) is 7.58. The van der Waals surface area contributed by atoms with E-state index in [0.29, 0.717) is 11.1 Å². The summed E-state index contributed by atoms with van der Waals surface area (Å²) in [4.78, 5) is 28.6. The molecule has 210 valence electrons. The molecule has 2 atom stereocenters. The van der Waals surface area contributed by atoms with E-state index in [1.165, 1.54) is 12.1 Å². The molecule has 1 spiro atoms. The van der Waals surface area contributed by atoms with Crippen LogP contribution in [-0.2, 0) is 46.0 Å². The largest absolute Gasteiger partial charge is 0.464 e. The number of aryl methyl sites for hydroxylation is 1. The summed E-state index contributed by atoms with van der Waals surface area (Å²) in [5.41, 5.74) is -1.47. The molecule has 0 saturated carbocycles. The quantitative estimate of drug-likeness (QED) is 0.263. The van der Waals surface area contributed by atoms with Gasteiger partial charge in [-0.05, 0) is 61.7 Å². The predicted octanol–water partition coefficient (Wildman–Crippen LogP) is 5.18. The van der Waals surface area contributed by atoms with Crippen molar-refractivity contribution in [3.8, 4) is 0 Å². The van der Waals surface area contributed by atoms with Crippen molar-refractivity contribution in [1.82, 2.24) is 4.31 Å². The summed E-state index contributed by atoms with van der Waals surface area (Å²) in [5.74, 6) is -2.08. The van der Waals surface area contributed by atoms with Crippen LogP contribution in [0.4, 0.5) is 0 Å². The topological polar surface area (TPSA) is 99.2 Å². The first-order valence-corrected chi connectivity index (χ1v) is 15.3. The molecule has 1 fully saturated rings. The van der Waals surface area contributed by atoms with Gasteiger partial charge < -0.3 is 14.2 Å². The number of ether oxygens (including phenoxy) is 3. The lowest BCUT2D eigenvalue weighted by Crippen LogP contribution is -2.68. The molecular weight excluding hydrogens is 598 g/mol. The Morgan fingerprint density at radius 2 is 1.55 bits per heavy atom. The molecule has 0 amide bonds. The average molecular weight is 629 g/mol. The Morgan fingerprint density at radius 1 is 0.950 bits per heavy atom. The first-order chi connectivity index (χ1) is 19.1. The molecule has 1 saturated heterocycles. The van der Waals surface area contributed by atoms with E-state index < -0.39 is 39.1 Å². The molecule has 0 aromatic heterocycles. The Morgan fingerprint density at radius 3 is 2.15 bits per heavy atom. The second-order valence-corrected chi connectivity index (χ2v) is 12.5. The summed E-state index contributed by atoms with van der Waals surface area (Å²) >= 11 is 3.44. The van der Waals surface area contributed by atoms with Crippen molar-refractivity contribution in [3.05, 3.63) is 99.5 Å². The van der Waals surface area contributed by atoms with Gasteiger partial charge in [0, 0.05) is 10.9 Å². The lowest BCUT2D eigenvalue weighted by atomic mass is 9.74. The molecule has 2 aliphatic rings. The maximum absolute atomic E-state index is 14.7. The van der Waals surface area contributed by atoms with Crippen LogP contribution in [0.15, 0.2) is 82.2 Å². The highest BCUT2D eigenvalue weighted by molar-refractivity contribution is 9.10. The molecular formula is C30H30BrNO7S. The molecule has 3 aromatic rings. The number of nitrogens with zero attached hydrogens (tertiary/aromatic N) is 1. The number of hydrogen-bond donors (Lipinski definition) is 0. The summed E-state index contributed by atoms with van der Waals surface area (Å²) in [6.45, 7) is 4.97. The summed E-state index contributed by atoms with van der Waals surface area (Å²) in [6.07, 6.45) is -0.0195. The second-order valence-electron chi connectivity index (χ2n) is 9.81. The Bertz CT molecular complexity index is 1520. The van der Waals surface area contributed by atoms with Crippen LogP contribution in [0, 0.1) is 6.92 Å². The Balaban J connectivity index is 1.90. The van der Waals surface area contributed by atoms with E-state index in [1.54, 1.807) is 62.4 Å². The van der Waals surface area contributed by atoms with Gasteiger partial charge in [-0.3, -0.25) is 0 Å². The van der Waals surface area contributed by atoms with Gasteiger partial charge >= 0.3 is 11.9 Å². The van der Waals surface area contributed by atoms with Crippen molar-refractivity contribution < 1.29 is 32.2 Å². The molecule has 5 rings (SSSR count). The van der Waals surface area contributed by atoms with E-state index >= 15 is 0 Å². The van der Waals surface area contributed by atoms with Gasteiger partial charge in [0.25, 0.3) is 5.54 Å². The van der Waals surface area contributed by atoms with Crippen LogP contribution < -0.4 is 0 Å². The normalized spacial score (nSPS) is 21.8. The molecule has 0 radical (unpaired) electrons. The van der Waals surface area contributed by atoms with Gasteiger partial charge in [-0.15, -0.1) is 0 Å². The van der Waals surface area contributed by atoms with Crippen molar-refractivity contribution in [3.63, 3.8) is 0 Å². The number of hydrogen-bond acceptors (Lipinski definition) is 7. The third kappa shape index (κ3) is 4.20. The number of sulfonamides is 1. The SMILES string of the molecule is CCOC(=O)C1(C(=O)OCC)N(S(=O)(=O)c2ccc(C)cc2)[C@H](c2ccc(Br)cc2)C[C@@]12OCc1ccccc12. The zero-order valence-corrected chi connectivity index (χ0v) is 24.8. The van der Waals surface area contributed by atoms with Gasteiger partial charge in [0.15, 0.2) is 0 Å². The van der Waals surface area contributed by atoms with Crippen molar-refractivity contribution in [2.45, 2.75) is 55.9 Å². The molecule has 0 aliphatic carbocycles. The molecule has 2 heterocycles. The molecule has 40 heavy (non-hydrogen) atoms. The smallest absolute Gasteiger partial charge is 0.342 e. The van der Waals surface area contributed by atoms with Crippen LogP contribution in [0.2, 0.25) is 0 Å². The van der Waals surface area contributed by atoms with Crippen molar-refractivity contribution in [2.75, 3.05) is 13.2 Å². The lowest BCUT2D eigenvalue weighted by molar-refractivity contribution is -0.190. The molecule has 2 aliphatic heterocycles. The molecule has 3 aromatic carbocycles. The highest BCUT2D eigenvalue weighted by Gasteiger charge is 2.79. The van der Waals surface area contributed by atoms with E-state index in [-0.39, 0.29) is 31.1 Å². The Kier molecular flexibility index (Phi) is 7.64. The van der Waals surface area contributed by atoms with E-state index in [2.05, 4.69) is 15.9 Å².